The summed E-state index contributed by atoms with van der Waals surface area (Å²) in [6, 6.07) is 9.53. The fraction of sp³-hybridized carbons (Fsp3) is 0.400. The molecule has 27 heavy (non-hydrogen) atoms. The Hall–Kier alpha value is -2.54. The number of thiophene rings is 1. The van der Waals surface area contributed by atoms with E-state index in [2.05, 4.69) is 6.07 Å². The number of rotatable bonds is 5. The zero-order valence-electron chi connectivity index (χ0n) is 14.9. The second-order valence-electron chi connectivity index (χ2n) is 6.58. The Labute approximate surface area is 161 Å². The number of nitrogens with zero attached hydrogens (tertiary/aromatic N) is 1. The average molecular weight is 387 g/mol. The quantitative estimate of drug-likeness (QED) is 0.738. The van der Waals surface area contributed by atoms with E-state index >= 15 is 0 Å². The van der Waals surface area contributed by atoms with E-state index in [0.29, 0.717) is 31.3 Å². The van der Waals surface area contributed by atoms with Crippen molar-refractivity contribution in [2.45, 2.75) is 25.3 Å². The van der Waals surface area contributed by atoms with Crippen molar-refractivity contribution in [3.8, 4) is 11.5 Å². The molecular weight excluding hydrogens is 366 g/mol. The molecule has 2 aliphatic rings. The highest BCUT2D eigenvalue weighted by Crippen LogP contribution is 2.34. The van der Waals surface area contributed by atoms with Crippen molar-refractivity contribution in [2.75, 3.05) is 26.4 Å². The molecule has 1 atom stereocenters. The van der Waals surface area contributed by atoms with Gasteiger partial charge in [0.2, 0.25) is 0 Å². The van der Waals surface area contributed by atoms with Crippen molar-refractivity contribution in [1.29, 1.82) is 0 Å². The highest BCUT2D eigenvalue weighted by Gasteiger charge is 2.31. The van der Waals surface area contributed by atoms with E-state index < -0.39 is 5.97 Å². The largest absolute Gasteiger partial charge is 0.486 e. The van der Waals surface area contributed by atoms with Crippen molar-refractivity contribution in [1.82, 2.24) is 4.90 Å². The molecule has 2 aromatic rings. The molecule has 142 valence electrons. The molecule has 2 aliphatic heterocycles. The summed E-state index contributed by atoms with van der Waals surface area (Å²) in [5.74, 6) is 0.758. The predicted molar refractivity (Wildman–Crippen MR) is 100 cm³/mol. The van der Waals surface area contributed by atoms with E-state index in [-0.39, 0.29) is 25.0 Å². The van der Waals surface area contributed by atoms with Crippen LogP contribution in [0.3, 0.4) is 0 Å². The molecule has 0 radical (unpaired) electrons. The Balaban J connectivity index is 1.30. The summed E-state index contributed by atoms with van der Waals surface area (Å²) in [5.41, 5.74) is 0.773. The molecule has 6 nitrogen and oxygen atoms in total. The first kappa shape index (κ1) is 17.9. The van der Waals surface area contributed by atoms with Crippen LogP contribution in [-0.4, -0.2) is 43.1 Å². The van der Waals surface area contributed by atoms with Crippen LogP contribution in [0.1, 0.15) is 29.3 Å². The van der Waals surface area contributed by atoms with E-state index in [9.17, 15) is 9.59 Å². The Bertz CT molecular complexity index is 820. The maximum atomic E-state index is 12.5. The molecule has 0 saturated carbocycles. The van der Waals surface area contributed by atoms with Gasteiger partial charge in [-0.3, -0.25) is 9.59 Å². The molecule has 1 unspecified atom stereocenters. The van der Waals surface area contributed by atoms with Gasteiger partial charge in [-0.15, -0.1) is 11.3 Å². The molecule has 0 aliphatic carbocycles. The fourth-order valence-electron chi connectivity index (χ4n) is 3.48. The molecule has 1 amide bonds. The molecule has 4 rings (SSSR count). The second-order valence-corrected chi connectivity index (χ2v) is 7.56. The highest BCUT2D eigenvalue weighted by atomic mass is 32.1. The Kier molecular flexibility index (Phi) is 5.29. The number of esters is 1. The summed E-state index contributed by atoms with van der Waals surface area (Å²) < 4.78 is 16.2. The molecule has 1 aromatic heterocycles. The fourth-order valence-corrected chi connectivity index (χ4v) is 4.36. The summed E-state index contributed by atoms with van der Waals surface area (Å²) in [5, 5.41) is 2.02. The number of amides is 1. The van der Waals surface area contributed by atoms with Crippen molar-refractivity contribution in [3.63, 3.8) is 0 Å². The molecule has 3 heterocycles. The molecular formula is C20H21NO5S. The number of carbonyl (C=O) groups excluding carboxylic acids is 2. The first-order valence-electron chi connectivity index (χ1n) is 9.08. The van der Waals surface area contributed by atoms with Crippen LogP contribution in [0.4, 0.5) is 0 Å². The first-order chi connectivity index (χ1) is 13.2. The van der Waals surface area contributed by atoms with Gasteiger partial charge in [0.25, 0.3) is 5.91 Å². The van der Waals surface area contributed by atoms with Crippen LogP contribution < -0.4 is 9.47 Å². The first-order valence-corrected chi connectivity index (χ1v) is 9.96. The Morgan fingerprint density at radius 1 is 1.19 bits per heavy atom. The van der Waals surface area contributed by atoms with E-state index in [4.69, 9.17) is 14.2 Å². The molecule has 1 fully saturated rings. The van der Waals surface area contributed by atoms with E-state index in [1.54, 1.807) is 23.5 Å². The van der Waals surface area contributed by atoms with Crippen LogP contribution in [0.15, 0.2) is 35.7 Å². The monoisotopic (exact) mass is 387 g/mol. The lowest BCUT2D eigenvalue weighted by Crippen LogP contribution is -2.34. The van der Waals surface area contributed by atoms with Crippen LogP contribution in [0.25, 0.3) is 0 Å². The molecule has 0 spiro atoms. The smallest absolute Gasteiger partial charge is 0.310 e. The van der Waals surface area contributed by atoms with Gasteiger partial charge in [-0.2, -0.15) is 0 Å². The minimum absolute atomic E-state index is 0.0955. The van der Waals surface area contributed by atoms with Crippen LogP contribution in [0.2, 0.25) is 0 Å². The number of likely N-dealkylation sites (tertiary alicyclic amines) is 1. The van der Waals surface area contributed by atoms with Gasteiger partial charge < -0.3 is 19.1 Å². The van der Waals surface area contributed by atoms with Gasteiger partial charge in [0.05, 0.1) is 12.5 Å². The van der Waals surface area contributed by atoms with Crippen molar-refractivity contribution >= 4 is 23.2 Å². The number of benzene rings is 1. The number of hydrogen-bond donors (Lipinski definition) is 0. The van der Waals surface area contributed by atoms with Gasteiger partial charge in [-0.1, -0.05) is 12.1 Å². The molecule has 1 saturated heterocycles. The lowest BCUT2D eigenvalue weighted by molar-refractivity contribution is -0.151. The summed E-state index contributed by atoms with van der Waals surface area (Å²) >= 11 is 1.65. The Morgan fingerprint density at radius 3 is 2.85 bits per heavy atom. The lowest BCUT2D eigenvalue weighted by atomic mass is 10.1. The lowest BCUT2D eigenvalue weighted by Gasteiger charge is -2.23. The number of ether oxygens (including phenoxy) is 3. The third-order valence-electron chi connectivity index (χ3n) is 4.76. The van der Waals surface area contributed by atoms with Crippen LogP contribution in [-0.2, 0) is 20.7 Å². The topological polar surface area (TPSA) is 65.1 Å². The maximum Gasteiger partial charge on any atom is 0.310 e. The standard InChI is InChI=1S/C20H21NO5S/c22-19(21-7-1-3-15(21)18-4-2-10-27-18)13-26-20(23)12-14-5-6-16-17(11-14)25-9-8-24-16/h2,4-6,10-11,15H,1,3,7-9,12-13H2. The van der Waals surface area contributed by atoms with Crippen molar-refractivity contribution in [3.05, 3.63) is 46.2 Å². The average Bonchev–Trinajstić information content (AvgIpc) is 3.37. The number of carbonyl (C=O) groups is 2. The van der Waals surface area contributed by atoms with Crippen molar-refractivity contribution in [2.24, 2.45) is 0 Å². The zero-order chi connectivity index (χ0) is 18.6. The predicted octanol–water partition coefficient (Wildman–Crippen LogP) is 2.97. The van der Waals surface area contributed by atoms with Gasteiger partial charge in [0.15, 0.2) is 18.1 Å². The van der Waals surface area contributed by atoms with Gasteiger partial charge in [0.1, 0.15) is 13.2 Å². The van der Waals surface area contributed by atoms with Crippen LogP contribution in [0, 0.1) is 0 Å². The minimum atomic E-state index is -0.424. The normalized spacial score (nSPS) is 18.4. The summed E-state index contributed by atoms with van der Waals surface area (Å²) in [7, 11) is 0. The van der Waals surface area contributed by atoms with E-state index in [1.807, 2.05) is 22.4 Å². The van der Waals surface area contributed by atoms with Crippen molar-refractivity contribution < 1.29 is 23.8 Å². The van der Waals surface area contributed by atoms with Crippen LogP contribution >= 0.6 is 11.3 Å². The third kappa shape index (κ3) is 4.08. The van der Waals surface area contributed by atoms with Gasteiger partial charge >= 0.3 is 5.97 Å². The third-order valence-corrected chi connectivity index (χ3v) is 5.73. The Morgan fingerprint density at radius 2 is 2.04 bits per heavy atom. The molecule has 0 N–H and O–H groups in total. The summed E-state index contributed by atoms with van der Waals surface area (Å²) in [4.78, 5) is 27.7. The van der Waals surface area contributed by atoms with Crippen LogP contribution in [0.5, 0.6) is 11.5 Å². The van der Waals surface area contributed by atoms with Gasteiger partial charge in [-0.25, -0.2) is 0 Å². The highest BCUT2D eigenvalue weighted by molar-refractivity contribution is 7.10. The minimum Gasteiger partial charge on any atom is -0.486 e. The summed E-state index contributed by atoms with van der Waals surface area (Å²) in [6.07, 6.45) is 2.02. The van der Waals surface area contributed by atoms with E-state index in [1.165, 1.54) is 4.88 Å². The summed E-state index contributed by atoms with van der Waals surface area (Å²) in [6.45, 7) is 1.52. The van der Waals surface area contributed by atoms with Gasteiger partial charge in [-0.05, 0) is 42.0 Å². The maximum absolute atomic E-state index is 12.5. The number of hydrogen-bond acceptors (Lipinski definition) is 6. The molecule has 7 heteroatoms. The zero-order valence-corrected chi connectivity index (χ0v) is 15.7. The van der Waals surface area contributed by atoms with Gasteiger partial charge in [0, 0.05) is 11.4 Å². The second kappa shape index (κ2) is 8.00. The SMILES string of the molecule is O=C(Cc1ccc2c(c1)OCCO2)OCC(=O)N1CCCC1c1cccs1. The van der Waals surface area contributed by atoms with E-state index in [0.717, 1.165) is 18.4 Å². The molecule has 1 aromatic carbocycles. The number of fused-ring (bicyclic) bond motifs is 1. The molecule has 0 bridgehead atoms.